The van der Waals surface area contributed by atoms with Crippen molar-refractivity contribution in [3.05, 3.63) is 32.9 Å². The zero-order valence-electron chi connectivity index (χ0n) is 7.40. The zero-order chi connectivity index (χ0) is 10.6. The number of rotatable bonds is 4. The van der Waals surface area contributed by atoms with Gasteiger partial charge in [0.15, 0.2) is 5.78 Å². The number of ketones is 1. The number of benzene rings is 1. The minimum atomic E-state index is 0.210. The second-order valence-electron chi connectivity index (χ2n) is 2.77. The first kappa shape index (κ1) is 12.6. The third-order valence-electron chi connectivity index (χ3n) is 1.84. The summed E-state index contributed by atoms with van der Waals surface area (Å²) in [6.45, 7) is 0. The summed E-state index contributed by atoms with van der Waals surface area (Å²) in [4.78, 5) is 11.8. The molecule has 76 valence electrons. The lowest BCUT2D eigenvalue weighted by atomic mass is 10.0. The Morgan fingerprint density at radius 1 is 1.36 bits per heavy atom. The van der Waals surface area contributed by atoms with Crippen molar-refractivity contribution in [1.29, 1.82) is 0 Å². The summed E-state index contributed by atoms with van der Waals surface area (Å²) < 4.78 is 1.03. The van der Waals surface area contributed by atoms with Crippen LogP contribution < -0.4 is 0 Å². The van der Waals surface area contributed by atoms with Gasteiger partial charge in [-0.1, -0.05) is 44.0 Å². The molecule has 0 saturated carbocycles. The van der Waals surface area contributed by atoms with Crippen molar-refractivity contribution >= 4 is 60.2 Å². The number of hydrogen-bond acceptors (Lipinski definition) is 1. The van der Waals surface area contributed by atoms with E-state index in [-0.39, 0.29) is 5.78 Å². The fraction of sp³-hybridized carbons (Fsp3) is 0.300. The van der Waals surface area contributed by atoms with Gasteiger partial charge in [0.1, 0.15) is 0 Å². The number of Topliss-reactive ketones (excluding diaryl/α,β-unsaturated/α-hetero) is 1. The van der Waals surface area contributed by atoms with Gasteiger partial charge in [0.05, 0.1) is 0 Å². The van der Waals surface area contributed by atoms with Crippen LogP contribution in [0.1, 0.15) is 22.3 Å². The Bertz CT molecular complexity index is 339. The molecular formula is C10H9Br2IO. The highest BCUT2D eigenvalue weighted by Gasteiger charge is 2.13. The van der Waals surface area contributed by atoms with Crippen molar-refractivity contribution in [2.45, 2.75) is 11.8 Å². The Balaban J connectivity index is 3.10. The SMILES string of the molecule is O=C(CCBr)c1c(I)cccc1CBr. The van der Waals surface area contributed by atoms with Crippen molar-refractivity contribution in [2.75, 3.05) is 5.33 Å². The number of carbonyl (C=O) groups excluding carboxylic acids is 1. The van der Waals surface area contributed by atoms with Crippen molar-refractivity contribution in [3.63, 3.8) is 0 Å². The molecule has 0 N–H and O–H groups in total. The Morgan fingerprint density at radius 3 is 2.64 bits per heavy atom. The summed E-state index contributed by atoms with van der Waals surface area (Å²) in [6.07, 6.45) is 0.556. The van der Waals surface area contributed by atoms with Crippen LogP contribution in [0.15, 0.2) is 18.2 Å². The van der Waals surface area contributed by atoms with Crippen LogP contribution in [-0.2, 0) is 5.33 Å². The van der Waals surface area contributed by atoms with Crippen LogP contribution in [0.5, 0.6) is 0 Å². The molecule has 0 fully saturated rings. The van der Waals surface area contributed by atoms with Crippen LogP contribution >= 0.6 is 54.5 Å². The second-order valence-corrected chi connectivity index (χ2v) is 5.29. The summed E-state index contributed by atoms with van der Waals surface area (Å²) in [6, 6.07) is 5.93. The summed E-state index contributed by atoms with van der Waals surface area (Å²) in [5, 5.41) is 1.45. The molecule has 0 aliphatic carbocycles. The van der Waals surface area contributed by atoms with Gasteiger partial charge in [0.2, 0.25) is 0 Å². The largest absolute Gasteiger partial charge is 0.294 e. The molecule has 0 unspecified atom stereocenters. The highest BCUT2D eigenvalue weighted by molar-refractivity contribution is 14.1. The van der Waals surface area contributed by atoms with Gasteiger partial charge in [-0.15, -0.1) is 0 Å². The van der Waals surface area contributed by atoms with Crippen LogP contribution in [0, 0.1) is 3.57 Å². The van der Waals surface area contributed by atoms with E-state index in [0.717, 1.165) is 25.4 Å². The summed E-state index contributed by atoms with van der Waals surface area (Å²) in [5.41, 5.74) is 1.94. The van der Waals surface area contributed by atoms with E-state index in [1.54, 1.807) is 0 Å². The lowest BCUT2D eigenvalue weighted by Gasteiger charge is -2.07. The predicted molar refractivity (Wildman–Crippen MR) is 74.5 cm³/mol. The molecule has 1 aromatic rings. The van der Waals surface area contributed by atoms with Gasteiger partial charge in [-0.05, 0) is 34.2 Å². The summed E-state index contributed by atoms with van der Waals surface area (Å²) >= 11 is 8.89. The molecule has 0 aliphatic rings. The van der Waals surface area contributed by atoms with Crippen molar-refractivity contribution in [2.24, 2.45) is 0 Å². The molecule has 4 heteroatoms. The Hall–Kier alpha value is 0.580. The van der Waals surface area contributed by atoms with Crippen molar-refractivity contribution in [1.82, 2.24) is 0 Å². The number of alkyl halides is 2. The van der Waals surface area contributed by atoms with E-state index in [4.69, 9.17) is 0 Å². The topological polar surface area (TPSA) is 17.1 Å². The third kappa shape index (κ3) is 3.03. The molecule has 0 bridgehead atoms. The van der Waals surface area contributed by atoms with Crippen LogP contribution in [0.25, 0.3) is 0 Å². The van der Waals surface area contributed by atoms with Gasteiger partial charge in [-0.3, -0.25) is 4.79 Å². The maximum Gasteiger partial charge on any atom is 0.165 e. The van der Waals surface area contributed by atoms with Crippen LogP contribution in [-0.4, -0.2) is 11.1 Å². The van der Waals surface area contributed by atoms with E-state index in [1.807, 2.05) is 18.2 Å². The molecular weight excluding hydrogens is 423 g/mol. The minimum absolute atomic E-state index is 0.210. The lowest BCUT2D eigenvalue weighted by molar-refractivity contribution is 0.0988. The quantitative estimate of drug-likeness (QED) is 0.397. The van der Waals surface area contributed by atoms with E-state index in [2.05, 4.69) is 54.5 Å². The van der Waals surface area contributed by atoms with Gasteiger partial charge >= 0.3 is 0 Å². The maximum absolute atomic E-state index is 11.8. The first-order valence-corrected chi connectivity index (χ1v) is 7.45. The van der Waals surface area contributed by atoms with Gasteiger partial charge in [0.25, 0.3) is 0 Å². The lowest BCUT2D eigenvalue weighted by Crippen LogP contribution is -2.06. The Morgan fingerprint density at radius 2 is 2.07 bits per heavy atom. The molecule has 1 nitrogen and oxygen atoms in total. The van der Waals surface area contributed by atoms with E-state index in [1.165, 1.54) is 0 Å². The standard InChI is InChI=1S/C10H9Br2IO/c11-5-4-9(14)10-7(6-12)2-1-3-8(10)13/h1-3H,4-6H2. The van der Waals surface area contributed by atoms with Gasteiger partial charge in [-0.2, -0.15) is 0 Å². The molecule has 1 rings (SSSR count). The van der Waals surface area contributed by atoms with Crippen molar-refractivity contribution < 1.29 is 4.79 Å². The molecule has 0 spiro atoms. The molecule has 1 aromatic carbocycles. The molecule has 0 saturated heterocycles. The van der Waals surface area contributed by atoms with Gasteiger partial charge < -0.3 is 0 Å². The average Bonchev–Trinajstić information content (AvgIpc) is 2.17. The van der Waals surface area contributed by atoms with Gasteiger partial charge in [-0.25, -0.2) is 0 Å². The zero-order valence-corrected chi connectivity index (χ0v) is 12.7. The van der Waals surface area contributed by atoms with E-state index >= 15 is 0 Å². The molecule has 0 radical (unpaired) electrons. The average molecular weight is 432 g/mol. The predicted octanol–water partition coefficient (Wildman–Crippen LogP) is 4.15. The van der Waals surface area contributed by atoms with Crippen molar-refractivity contribution in [3.8, 4) is 0 Å². The van der Waals surface area contributed by atoms with Crippen LogP contribution in [0.4, 0.5) is 0 Å². The first-order chi connectivity index (χ1) is 6.70. The highest BCUT2D eigenvalue weighted by atomic mass is 127. The minimum Gasteiger partial charge on any atom is -0.294 e. The number of hydrogen-bond donors (Lipinski definition) is 0. The maximum atomic E-state index is 11.8. The molecule has 14 heavy (non-hydrogen) atoms. The number of halogens is 3. The highest BCUT2D eigenvalue weighted by Crippen LogP contribution is 2.21. The third-order valence-corrected chi connectivity index (χ3v) is 3.74. The van der Waals surface area contributed by atoms with Crippen LogP contribution in [0.2, 0.25) is 0 Å². The monoisotopic (exact) mass is 430 g/mol. The van der Waals surface area contributed by atoms with Gasteiger partial charge in [0, 0.05) is 26.2 Å². The molecule has 0 heterocycles. The molecule has 0 atom stereocenters. The Labute approximate surface area is 114 Å². The Kier molecular flexibility index (Phi) is 5.62. The molecule has 0 aromatic heterocycles. The summed E-state index contributed by atoms with van der Waals surface area (Å²) in [5.74, 6) is 0.210. The summed E-state index contributed by atoms with van der Waals surface area (Å²) in [7, 11) is 0. The van der Waals surface area contributed by atoms with E-state index in [0.29, 0.717) is 6.42 Å². The normalized spacial score (nSPS) is 10.2. The smallest absolute Gasteiger partial charge is 0.165 e. The molecule has 0 aliphatic heterocycles. The second kappa shape index (κ2) is 6.23. The number of carbonyl (C=O) groups is 1. The van der Waals surface area contributed by atoms with Crippen LogP contribution in [0.3, 0.4) is 0 Å². The van der Waals surface area contributed by atoms with E-state index < -0.39 is 0 Å². The molecule has 0 amide bonds. The fourth-order valence-corrected chi connectivity index (χ4v) is 2.89. The van der Waals surface area contributed by atoms with E-state index in [9.17, 15) is 4.79 Å². The first-order valence-electron chi connectivity index (χ1n) is 4.13. The fourth-order valence-electron chi connectivity index (χ4n) is 1.20.